The molecule has 0 aromatic heterocycles. The number of hydrogen-bond acceptors (Lipinski definition) is 3. The molecule has 0 unspecified atom stereocenters. The molecule has 0 saturated carbocycles. The zero-order valence-electron chi connectivity index (χ0n) is 10.1. The molecule has 1 aliphatic heterocycles. The van der Waals surface area contributed by atoms with Crippen molar-refractivity contribution >= 4 is 11.6 Å². The number of aliphatic hydroxyl groups is 1. The minimum Gasteiger partial charge on any atom is -0.489 e. The summed E-state index contributed by atoms with van der Waals surface area (Å²) in [4.78, 5) is 0. The Hall–Kier alpha value is -0.930. The third-order valence-electron chi connectivity index (χ3n) is 2.87. The zero-order valence-corrected chi connectivity index (χ0v) is 10.9. The normalized spacial score (nSPS) is 14.9. The van der Waals surface area contributed by atoms with Crippen molar-refractivity contribution in [2.45, 2.75) is 32.8 Å². The molecular weight excluding hydrogens is 240 g/mol. The molecule has 0 fully saturated rings. The maximum atomic E-state index is 9.44. The van der Waals surface area contributed by atoms with Crippen molar-refractivity contribution in [3.05, 3.63) is 22.2 Å². The molecule has 1 aliphatic rings. The average molecular weight is 257 g/mol. The number of ether oxygens (including phenoxy) is 2. The predicted molar refractivity (Wildman–Crippen MR) is 67.1 cm³/mol. The number of benzene rings is 1. The highest BCUT2D eigenvalue weighted by Gasteiger charge is 2.22. The Kier molecular flexibility index (Phi) is 3.79. The summed E-state index contributed by atoms with van der Waals surface area (Å²) in [6, 6.07) is 1.74. The number of aliphatic hydroxyl groups excluding tert-OH is 1. The van der Waals surface area contributed by atoms with Gasteiger partial charge in [0.15, 0.2) is 11.5 Å². The third-order valence-corrected chi connectivity index (χ3v) is 3.20. The summed E-state index contributed by atoms with van der Waals surface area (Å²) >= 11 is 6.17. The van der Waals surface area contributed by atoms with E-state index in [0.29, 0.717) is 24.0 Å². The SMILES string of the molecule is CC(C)c1c(CO)c(Cl)cc2c1OCCCO2. The highest BCUT2D eigenvalue weighted by molar-refractivity contribution is 6.31. The largest absolute Gasteiger partial charge is 0.489 e. The lowest BCUT2D eigenvalue weighted by molar-refractivity contribution is 0.276. The minimum atomic E-state index is -0.0804. The van der Waals surface area contributed by atoms with Crippen LogP contribution < -0.4 is 9.47 Å². The first-order valence-corrected chi connectivity index (χ1v) is 6.24. The van der Waals surface area contributed by atoms with Crippen LogP contribution >= 0.6 is 11.6 Å². The summed E-state index contributed by atoms with van der Waals surface area (Å²) in [5, 5.41) is 9.98. The summed E-state index contributed by atoms with van der Waals surface area (Å²) in [5.41, 5.74) is 1.70. The van der Waals surface area contributed by atoms with Crippen molar-refractivity contribution in [2.24, 2.45) is 0 Å². The van der Waals surface area contributed by atoms with E-state index >= 15 is 0 Å². The first-order valence-electron chi connectivity index (χ1n) is 5.87. The summed E-state index contributed by atoms with van der Waals surface area (Å²) in [6.45, 7) is 5.31. The van der Waals surface area contributed by atoms with E-state index in [9.17, 15) is 5.11 Å². The van der Waals surface area contributed by atoms with Crippen LogP contribution in [0.1, 0.15) is 37.3 Å². The Balaban J connectivity index is 2.62. The second-order valence-corrected chi connectivity index (χ2v) is 4.85. The molecule has 17 heavy (non-hydrogen) atoms. The fraction of sp³-hybridized carbons (Fsp3) is 0.538. The summed E-state index contributed by atoms with van der Waals surface area (Å²) in [7, 11) is 0. The summed E-state index contributed by atoms with van der Waals surface area (Å²) in [5.74, 6) is 1.66. The second-order valence-electron chi connectivity index (χ2n) is 4.44. The standard InChI is InChI=1S/C13H17ClO3/c1-8(2)12-9(7-15)10(14)6-11-13(12)17-5-3-4-16-11/h6,8,15H,3-5,7H2,1-2H3. The van der Waals surface area contributed by atoms with E-state index in [-0.39, 0.29) is 12.5 Å². The molecule has 1 heterocycles. The van der Waals surface area contributed by atoms with Gasteiger partial charge in [-0.25, -0.2) is 0 Å². The molecule has 1 aromatic carbocycles. The molecule has 0 atom stereocenters. The third kappa shape index (κ3) is 2.35. The van der Waals surface area contributed by atoms with Gasteiger partial charge >= 0.3 is 0 Å². The van der Waals surface area contributed by atoms with Crippen LogP contribution in [-0.2, 0) is 6.61 Å². The van der Waals surface area contributed by atoms with Crippen molar-refractivity contribution < 1.29 is 14.6 Å². The smallest absolute Gasteiger partial charge is 0.165 e. The van der Waals surface area contributed by atoms with E-state index in [1.807, 2.05) is 0 Å². The van der Waals surface area contributed by atoms with Gasteiger partial charge in [-0.2, -0.15) is 0 Å². The minimum absolute atomic E-state index is 0.0804. The Labute approximate surface area is 106 Å². The Morgan fingerprint density at radius 1 is 1.35 bits per heavy atom. The van der Waals surface area contributed by atoms with Crippen LogP contribution in [0.2, 0.25) is 5.02 Å². The van der Waals surface area contributed by atoms with Crippen molar-refractivity contribution in [3.8, 4) is 11.5 Å². The maximum Gasteiger partial charge on any atom is 0.165 e. The molecule has 0 aliphatic carbocycles. The summed E-state index contributed by atoms with van der Waals surface area (Å²) < 4.78 is 11.4. The average Bonchev–Trinajstić information content (AvgIpc) is 2.51. The van der Waals surface area contributed by atoms with Gasteiger partial charge in [-0.3, -0.25) is 0 Å². The van der Waals surface area contributed by atoms with E-state index < -0.39 is 0 Å². The van der Waals surface area contributed by atoms with E-state index in [4.69, 9.17) is 21.1 Å². The Morgan fingerprint density at radius 2 is 2.06 bits per heavy atom. The predicted octanol–water partition coefficient (Wildman–Crippen LogP) is 3.12. The second kappa shape index (κ2) is 5.15. The monoisotopic (exact) mass is 256 g/mol. The number of fused-ring (bicyclic) bond motifs is 1. The van der Waals surface area contributed by atoms with Crippen molar-refractivity contribution in [2.75, 3.05) is 13.2 Å². The lowest BCUT2D eigenvalue weighted by Crippen LogP contribution is -2.04. The number of hydrogen-bond donors (Lipinski definition) is 1. The van der Waals surface area contributed by atoms with Gasteiger partial charge in [-0.1, -0.05) is 25.4 Å². The van der Waals surface area contributed by atoms with Gasteiger partial charge in [0.2, 0.25) is 0 Å². The lowest BCUT2D eigenvalue weighted by atomic mass is 9.95. The van der Waals surface area contributed by atoms with Gasteiger partial charge in [-0.15, -0.1) is 0 Å². The maximum absolute atomic E-state index is 9.44. The zero-order chi connectivity index (χ0) is 12.4. The van der Waals surface area contributed by atoms with Crippen LogP contribution in [0.25, 0.3) is 0 Å². The van der Waals surface area contributed by atoms with Crippen molar-refractivity contribution in [1.82, 2.24) is 0 Å². The fourth-order valence-electron chi connectivity index (χ4n) is 2.11. The van der Waals surface area contributed by atoms with E-state index in [1.165, 1.54) is 0 Å². The lowest BCUT2D eigenvalue weighted by Gasteiger charge is -2.19. The Bertz CT molecular complexity index is 416. The highest BCUT2D eigenvalue weighted by atomic mass is 35.5. The van der Waals surface area contributed by atoms with Crippen LogP contribution in [0.5, 0.6) is 11.5 Å². The van der Waals surface area contributed by atoms with E-state index in [0.717, 1.165) is 23.3 Å². The van der Waals surface area contributed by atoms with Gasteiger partial charge in [-0.05, 0) is 5.92 Å². The van der Waals surface area contributed by atoms with E-state index in [2.05, 4.69) is 13.8 Å². The molecule has 4 heteroatoms. The van der Waals surface area contributed by atoms with Crippen LogP contribution in [0.3, 0.4) is 0 Å². The molecule has 0 bridgehead atoms. The van der Waals surface area contributed by atoms with Gasteiger partial charge in [0.25, 0.3) is 0 Å². The Morgan fingerprint density at radius 3 is 2.71 bits per heavy atom. The van der Waals surface area contributed by atoms with Gasteiger partial charge in [0, 0.05) is 23.6 Å². The molecule has 0 radical (unpaired) electrons. The quantitative estimate of drug-likeness (QED) is 0.884. The van der Waals surface area contributed by atoms with Crippen LogP contribution in [-0.4, -0.2) is 18.3 Å². The first kappa shape index (κ1) is 12.5. The molecule has 3 nitrogen and oxygen atoms in total. The highest BCUT2D eigenvalue weighted by Crippen LogP contribution is 2.43. The van der Waals surface area contributed by atoms with Crippen LogP contribution in [0.4, 0.5) is 0 Å². The number of rotatable bonds is 2. The van der Waals surface area contributed by atoms with E-state index in [1.54, 1.807) is 6.07 Å². The molecule has 0 spiro atoms. The van der Waals surface area contributed by atoms with Crippen LogP contribution in [0, 0.1) is 0 Å². The molecular formula is C13H17ClO3. The van der Waals surface area contributed by atoms with Gasteiger partial charge in [0.05, 0.1) is 24.8 Å². The van der Waals surface area contributed by atoms with Crippen molar-refractivity contribution in [3.63, 3.8) is 0 Å². The molecule has 0 saturated heterocycles. The fourth-order valence-corrected chi connectivity index (χ4v) is 2.37. The van der Waals surface area contributed by atoms with Gasteiger partial charge < -0.3 is 14.6 Å². The first-order chi connectivity index (χ1) is 8.15. The molecule has 94 valence electrons. The molecule has 1 N–H and O–H groups in total. The van der Waals surface area contributed by atoms with Crippen molar-refractivity contribution in [1.29, 1.82) is 0 Å². The molecule has 2 rings (SSSR count). The molecule has 1 aromatic rings. The topological polar surface area (TPSA) is 38.7 Å². The van der Waals surface area contributed by atoms with Crippen LogP contribution in [0.15, 0.2) is 6.07 Å². The molecule has 0 amide bonds. The van der Waals surface area contributed by atoms with Gasteiger partial charge in [0.1, 0.15) is 0 Å². The summed E-state index contributed by atoms with van der Waals surface area (Å²) in [6.07, 6.45) is 0.859. The number of halogens is 1.